The average Bonchev–Trinajstić information content (AvgIpc) is 2.67. The molecule has 1 aromatic rings. The molecule has 0 aromatic heterocycles. The number of benzene rings is 1. The molecule has 1 aliphatic rings. The molecule has 1 fully saturated rings. The van der Waals surface area contributed by atoms with Crippen molar-refractivity contribution >= 4 is 11.8 Å². The Morgan fingerprint density at radius 1 is 1.19 bits per heavy atom. The van der Waals surface area contributed by atoms with Crippen LogP contribution in [0.1, 0.15) is 22.3 Å². The van der Waals surface area contributed by atoms with Gasteiger partial charge in [0.1, 0.15) is 6.54 Å². The fourth-order valence-corrected chi connectivity index (χ4v) is 2.81. The van der Waals surface area contributed by atoms with Crippen LogP contribution < -0.4 is 5.32 Å². The highest BCUT2D eigenvalue weighted by atomic mass is 19.4. The van der Waals surface area contributed by atoms with Crippen LogP contribution in [-0.4, -0.2) is 74.6 Å². The quantitative estimate of drug-likeness (QED) is 0.723. The van der Waals surface area contributed by atoms with E-state index in [-0.39, 0.29) is 24.6 Å². The summed E-state index contributed by atoms with van der Waals surface area (Å²) in [7, 11) is 1.54. The Labute approximate surface area is 156 Å². The average molecular weight is 387 g/mol. The van der Waals surface area contributed by atoms with Gasteiger partial charge in [-0.25, -0.2) is 0 Å². The molecule has 1 saturated heterocycles. The van der Waals surface area contributed by atoms with Crippen LogP contribution in [0.4, 0.5) is 13.2 Å². The first-order valence-electron chi connectivity index (χ1n) is 8.77. The Morgan fingerprint density at radius 2 is 1.81 bits per heavy atom. The lowest BCUT2D eigenvalue weighted by atomic mass is 10.1. The molecule has 1 N–H and O–H groups in total. The maximum atomic E-state index is 12.7. The SMILES string of the molecule is COCCCN(CC(=O)N1CCNCC1)C(=O)c1ccc(C(F)(F)F)cc1. The number of amides is 2. The van der Waals surface area contributed by atoms with E-state index in [0.29, 0.717) is 39.2 Å². The number of carbonyl (C=O) groups excluding carboxylic acids is 2. The summed E-state index contributed by atoms with van der Waals surface area (Å²) in [6, 6.07) is 4.03. The fraction of sp³-hybridized carbons (Fsp3) is 0.556. The van der Waals surface area contributed by atoms with Crippen molar-refractivity contribution in [3.05, 3.63) is 35.4 Å². The van der Waals surface area contributed by atoms with Crippen LogP contribution in [0.2, 0.25) is 0 Å². The highest BCUT2D eigenvalue weighted by Gasteiger charge is 2.30. The Bertz CT molecular complexity index is 629. The summed E-state index contributed by atoms with van der Waals surface area (Å²) in [5, 5.41) is 3.15. The Kier molecular flexibility index (Phi) is 7.61. The molecule has 1 aromatic carbocycles. The minimum Gasteiger partial charge on any atom is -0.385 e. The summed E-state index contributed by atoms with van der Waals surface area (Å²) >= 11 is 0. The molecule has 1 aliphatic heterocycles. The van der Waals surface area contributed by atoms with Crippen molar-refractivity contribution in [3.8, 4) is 0 Å². The molecule has 9 heteroatoms. The third-order valence-electron chi connectivity index (χ3n) is 4.32. The number of rotatable bonds is 7. The Hall–Kier alpha value is -2.13. The predicted molar refractivity (Wildman–Crippen MR) is 93.3 cm³/mol. The van der Waals surface area contributed by atoms with Gasteiger partial charge in [0.2, 0.25) is 5.91 Å². The van der Waals surface area contributed by atoms with Crippen LogP contribution in [0.15, 0.2) is 24.3 Å². The van der Waals surface area contributed by atoms with Gasteiger partial charge in [-0.3, -0.25) is 9.59 Å². The standard InChI is InChI=1S/C18H24F3N3O3/c1-27-12-2-9-24(13-16(25)23-10-7-22-8-11-23)17(26)14-3-5-15(6-4-14)18(19,20)21/h3-6,22H,2,7-13H2,1H3. The molecular weight excluding hydrogens is 363 g/mol. The summed E-state index contributed by atoms with van der Waals surface area (Å²) in [5.74, 6) is -0.641. The van der Waals surface area contributed by atoms with Gasteiger partial charge in [-0.15, -0.1) is 0 Å². The number of carbonyl (C=O) groups is 2. The maximum absolute atomic E-state index is 12.7. The van der Waals surface area contributed by atoms with Crippen LogP contribution in [-0.2, 0) is 15.7 Å². The number of nitrogens with zero attached hydrogens (tertiary/aromatic N) is 2. The summed E-state index contributed by atoms with van der Waals surface area (Å²) < 4.78 is 43.1. The molecule has 0 bridgehead atoms. The van der Waals surface area contributed by atoms with E-state index in [1.54, 1.807) is 4.90 Å². The minimum absolute atomic E-state index is 0.108. The number of alkyl halides is 3. The normalized spacial score (nSPS) is 14.9. The minimum atomic E-state index is -4.46. The van der Waals surface area contributed by atoms with Gasteiger partial charge in [0, 0.05) is 52.0 Å². The lowest BCUT2D eigenvalue weighted by Crippen LogP contribution is -2.50. The number of hydrogen-bond donors (Lipinski definition) is 1. The number of ether oxygens (including phenoxy) is 1. The molecule has 0 spiro atoms. The number of halogens is 3. The van der Waals surface area contributed by atoms with Gasteiger partial charge >= 0.3 is 6.18 Å². The number of methoxy groups -OCH3 is 1. The van der Waals surface area contributed by atoms with E-state index < -0.39 is 17.6 Å². The van der Waals surface area contributed by atoms with E-state index in [2.05, 4.69) is 5.32 Å². The second kappa shape index (κ2) is 9.70. The van der Waals surface area contributed by atoms with Crippen LogP contribution in [0.3, 0.4) is 0 Å². The molecule has 0 unspecified atom stereocenters. The van der Waals surface area contributed by atoms with Gasteiger partial charge in [0.05, 0.1) is 5.56 Å². The lowest BCUT2D eigenvalue weighted by Gasteiger charge is -2.30. The lowest BCUT2D eigenvalue weighted by molar-refractivity contribution is -0.137. The van der Waals surface area contributed by atoms with Crippen LogP contribution in [0, 0.1) is 0 Å². The maximum Gasteiger partial charge on any atom is 0.416 e. The summed E-state index contributed by atoms with van der Waals surface area (Å²) in [6.45, 7) is 3.12. The zero-order valence-electron chi connectivity index (χ0n) is 15.2. The van der Waals surface area contributed by atoms with Crippen molar-refractivity contribution in [3.63, 3.8) is 0 Å². The summed E-state index contributed by atoms with van der Waals surface area (Å²) in [5.41, 5.74) is -0.699. The van der Waals surface area contributed by atoms with Gasteiger partial charge in [-0.2, -0.15) is 13.2 Å². The third kappa shape index (κ3) is 6.21. The summed E-state index contributed by atoms with van der Waals surface area (Å²) in [6.07, 6.45) is -3.93. The summed E-state index contributed by atoms with van der Waals surface area (Å²) in [4.78, 5) is 28.3. The Morgan fingerprint density at radius 3 is 2.37 bits per heavy atom. The van der Waals surface area contributed by atoms with Gasteiger partial charge < -0.3 is 19.9 Å². The molecule has 0 aliphatic carbocycles. The molecule has 1 heterocycles. The predicted octanol–water partition coefficient (Wildman–Crippen LogP) is 1.62. The van der Waals surface area contributed by atoms with Crippen LogP contribution >= 0.6 is 0 Å². The number of piperazine rings is 1. The first-order valence-corrected chi connectivity index (χ1v) is 8.77. The van der Waals surface area contributed by atoms with Crippen molar-refractivity contribution in [1.29, 1.82) is 0 Å². The van der Waals surface area contributed by atoms with Crippen molar-refractivity contribution in [2.75, 3.05) is 53.0 Å². The molecule has 2 rings (SSSR count). The van der Waals surface area contributed by atoms with Gasteiger partial charge in [0.25, 0.3) is 5.91 Å². The topological polar surface area (TPSA) is 61.9 Å². The van der Waals surface area contributed by atoms with E-state index in [1.165, 1.54) is 12.0 Å². The smallest absolute Gasteiger partial charge is 0.385 e. The number of nitrogens with one attached hydrogen (secondary N) is 1. The second-order valence-corrected chi connectivity index (χ2v) is 6.28. The van der Waals surface area contributed by atoms with Gasteiger partial charge in [-0.1, -0.05) is 0 Å². The highest BCUT2D eigenvalue weighted by molar-refractivity contribution is 5.96. The number of hydrogen-bond acceptors (Lipinski definition) is 4. The van der Waals surface area contributed by atoms with Crippen molar-refractivity contribution in [1.82, 2.24) is 15.1 Å². The Balaban J connectivity index is 2.09. The van der Waals surface area contributed by atoms with Gasteiger partial charge in [-0.05, 0) is 30.7 Å². The van der Waals surface area contributed by atoms with Crippen LogP contribution in [0.25, 0.3) is 0 Å². The molecule has 0 radical (unpaired) electrons. The van der Waals surface area contributed by atoms with Crippen molar-refractivity contribution in [2.45, 2.75) is 12.6 Å². The van der Waals surface area contributed by atoms with E-state index in [4.69, 9.17) is 4.74 Å². The fourth-order valence-electron chi connectivity index (χ4n) is 2.81. The van der Waals surface area contributed by atoms with Gasteiger partial charge in [0.15, 0.2) is 0 Å². The highest BCUT2D eigenvalue weighted by Crippen LogP contribution is 2.29. The molecule has 27 heavy (non-hydrogen) atoms. The monoisotopic (exact) mass is 387 g/mol. The van der Waals surface area contributed by atoms with E-state index in [9.17, 15) is 22.8 Å². The largest absolute Gasteiger partial charge is 0.416 e. The molecule has 2 amide bonds. The van der Waals surface area contributed by atoms with Crippen molar-refractivity contribution < 1.29 is 27.5 Å². The van der Waals surface area contributed by atoms with E-state index in [1.807, 2.05) is 0 Å². The van der Waals surface area contributed by atoms with E-state index >= 15 is 0 Å². The molecule has 150 valence electrons. The van der Waals surface area contributed by atoms with E-state index in [0.717, 1.165) is 24.3 Å². The molecular formula is C18H24F3N3O3. The molecule has 0 saturated carbocycles. The van der Waals surface area contributed by atoms with Crippen molar-refractivity contribution in [2.24, 2.45) is 0 Å². The first-order chi connectivity index (χ1) is 12.8. The van der Waals surface area contributed by atoms with Crippen LogP contribution in [0.5, 0.6) is 0 Å². The second-order valence-electron chi connectivity index (χ2n) is 6.28. The zero-order valence-corrected chi connectivity index (χ0v) is 15.2. The third-order valence-corrected chi connectivity index (χ3v) is 4.32. The zero-order chi connectivity index (χ0) is 19.9. The molecule has 6 nitrogen and oxygen atoms in total. The molecule has 0 atom stereocenters. The first kappa shape index (κ1) is 21.2.